The lowest BCUT2D eigenvalue weighted by Gasteiger charge is -2.17. The Morgan fingerprint density at radius 3 is 2.90 bits per heavy atom. The van der Waals surface area contributed by atoms with Gasteiger partial charge in [0.25, 0.3) is 0 Å². The van der Waals surface area contributed by atoms with Gasteiger partial charge in [-0.25, -0.2) is 4.98 Å². The smallest absolute Gasteiger partial charge is 0.327 e. The lowest BCUT2D eigenvalue weighted by Crippen LogP contribution is -2.34. The van der Waals surface area contributed by atoms with E-state index in [1.807, 2.05) is 5.38 Å². The Bertz CT molecular complexity index is 461. The molecule has 5 nitrogen and oxygen atoms in total. The second kappa shape index (κ2) is 6.20. The molecular formula is C14H22N2O3S. The number of ether oxygens (including phenoxy) is 1. The van der Waals surface area contributed by atoms with Crippen LogP contribution in [0.1, 0.15) is 50.4 Å². The highest BCUT2D eigenvalue weighted by atomic mass is 32.1. The average Bonchev–Trinajstić information content (AvgIpc) is 2.97. The van der Waals surface area contributed by atoms with Crippen molar-refractivity contribution in [3.05, 3.63) is 16.1 Å². The molecule has 1 aromatic rings. The molecule has 6 heteroatoms. The van der Waals surface area contributed by atoms with E-state index in [0.717, 1.165) is 24.5 Å². The molecule has 0 aromatic carbocycles. The maximum Gasteiger partial charge on any atom is 0.327 e. The summed E-state index contributed by atoms with van der Waals surface area (Å²) in [6, 6.07) is -0.758. The number of thiazole rings is 1. The first-order valence-electron chi connectivity index (χ1n) is 6.91. The van der Waals surface area contributed by atoms with Gasteiger partial charge in [-0.3, -0.25) is 10.1 Å². The lowest BCUT2D eigenvalue weighted by atomic mass is 9.98. The molecule has 0 radical (unpaired) electrons. The molecule has 20 heavy (non-hydrogen) atoms. The zero-order chi connectivity index (χ0) is 14.8. The molecule has 1 saturated heterocycles. The first-order chi connectivity index (χ1) is 9.38. The third kappa shape index (κ3) is 3.77. The van der Waals surface area contributed by atoms with Crippen LogP contribution in [-0.4, -0.2) is 35.3 Å². The number of hydrogen-bond donors (Lipinski definition) is 2. The quantitative estimate of drug-likeness (QED) is 0.873. The first-order valence-corrected chi connectivity index (χ1v) is 7.79. The SMILES string of the molecule is CC(C)(C)c1nc(C(NCC2CCCO2)C(=O)O)cs1. The fourth-order valence-electron chi connectivity index (χ4n) is 2.14. The van der Waals surface area contributed by atoms with Gasteiger partial charge >= 0.3 is 5.97 Å². The Morgan fingerprint density at radius 1 is 1.65 bits per heavy atom. The third-order valence-corrected chi connectivity index (χ3v) is 4.57. The Balaban J connectivity index is 2.04. The Kier molecular flexibility index (Phi) is 4.78. The van der Waals surface area contributed by atoms with Crippen molar-refractivity contribution in [2.45, 2.75) is 51.2 Å². The van der Waals surface area contributed by atoms with Crippen LogP contribution in [0.2, 0.25) is 0 Å². The highest BCUT2D eigenvalue weighted by Crippen LogP contribution is 2.28. The highest BCUT2D eigenvalue weighted by Gasteiger charge is 2.27. The van der Waals surface area contributed by atoms with Crippen LogP contribution in [0.5, 0.6) is 0 Å². The van der Waals surface area contributed by atoms with Crippen molar-refractivity contribution >= 4 is 17.3 Å². The summed E-state index contributed by atoms with van der Waals surface area (Å²) in [4.78, 5) is 15.9. The molecule has 0 spiro atoms. The maximum absolute atomic E-state index is 11.4. The number of rotatable bonds is 5. The molecule has 1 aliphatic heterocycles. The zero-order valence-electron chi connectivity index (χ0n) is 12.2. The largest absolute Gasteiger partial charge is 0.480 e. The van der Waals surface area contributed by atoms with E-state index in [1.54, 1.807) is 0 Å². The predicted octanol–water partition coefficient (Wildman–Crippen LogP) is 2.33. The number of aliphatic carboxylic acids is 1. The summed E-state index contributed by atoms with van der Waals surface area (Å²) >= 11 is 1.51. The van der Waals surface area contributed by atoms with E-state index in [0.29, 0.717) is 12.2 Å². The molecule has 1 aliphatic rings. The van der Waals surface area contributed by atoms with E-state index in [9.17, 15) is 9.90 Å². The minimum atomic E-state index is -0.895. The molecule has 2 atom stereocenters. The number of carboxylic acid groups (broad SMARTS) is 1. The molecule has 2 unspecified atom stereocenters. The van der Waals surface area contributed by atoms with Crippen LogP contribution in [0.25, 0.3) is 0 Å². The summed E-state index contributed by atoms with van der Waals surface area (Å²) in [7, 11) is 0. The number of nitrogens with zero attached hydrogens (tertiary/aromatic N) is 1. The standard InChI is InChI=1S/C14H22N2O3S/c1-14(2,3)13-16-10(8-20-13)11(12(17)18)15-7-9-5-4-6-19-9/h8-9,11,15H,4-7H2,1-3H3,(H,17,18). The lowest BCUT2D eigenvalue weighted by molar-refractivity contribution is -0.139. The maximum atomic E-state index is 11.4. The summed E-state index contributed by atoms with van der Waals surface area (Å²) in [5, 5.41) is 15.2. The highest BCUT2D eigenvalue weighted by molar-refractivity contribution is 7.09. The van der Waals surface area contributed by atoms with Gasteiger partial charge in [-0.05, 0) is 12.8 Å². The third-order valence-electron chi connectivity index (χ3n) is 3.28. The van der Waals surface area contributed by atoms with Gasteiger partial charge in [0, 0.05) is 23.9 Å². The summed E-state index contributed by atoms with van der Waals surface area (Å²) in [5.41, 5.74) is 0.533. The van der Waals surface area contributed by atoms with Gasteiger partial charge in [0.2, 0.25) is 0 Å². The number of hydrogen-bond acceptors (Lipinski definition) is 5. The van der Waals surface area contributed by atoms with Crippen molar-refractivity contribution < 1.29 is 14.6 Å². The molecular weight excluding hydrogens is 276 g/mol. The molecule has 0 amide bonds. The fraction of sp³-hybridized carbons (Fsp3) is 0.714. The van der Waals surface area contributed by atoms with Gasteiger partial charge < -0.3 is 9.84 Å². The summed E-state index contributed by atoms with van der Waals surface area (Å²) in [6.45, 7) is 7.55. The van der Waals surface area contributed by atoms with Crippen LogP contribution >= 0.6 is 11.3 Å². The molecule has 2 N–H and O–H groups in total. The Hall–Kier alpha value is -0.980. The van der Waals surface area contributed by atoms with Gasteiger partial charge in [-0.1, -0.05) is 20.8 Å². The molecule has 0 saturated carbocycles. The second-order valence-corrected chi connectivity index (χ2v) is 7.00. The number of nitrogens with one attached hydrogen (secondary N) is 1. The van der Waals surface area contributed by atoms with Crippen molar-refractivity contribution in [2.75, 3.05) is 13.2 Å². The predicted molar refractivity (Wildman–Crippen MR) is 78.2 cm³/mol. The normalized spacial score (nSPS) is 21.1. The van der Waals surface area contributed by atoms with Gasteiger partial charge in [0.1, 0.15) is 6.04 Å². The molecule has 2 rings (SSSR count). The first kappa shape index (κ1) is 15.4. The number of carbonyl (C=O) groups is 1. The Labute approximate surface area is 123 Å². The van der Waals surface area contributed by atoms with Crippen LogP contribution < -0.4 is 5.32 Å². The minimum Gasteiger partial charge on any atom is -0.480 e. The van der Waals surface area contributed by atoms with Crippen molar-refractivity contribution in [2.24, 2.45) is 0 Å². The average molecular weight is 298 g/mol. The van der Waals surface area contributed by atoms with Crippen LogP contribution in [0.4, 0.5) is 0 Å². The van der Waals surface area contributed by atoms with Gasteiger partial charge in [-0.2, -0.15) is 0 Å². The fourth-order valence-corrected chi connectivity index (χ4v) is 3.07. The van der Waals surface area contributed by atoms with E-state index in [-0.39, 0.29) is 11.5 Å². The monoisotopic (exact) mass is 298 g/mol. The van der Waals surface area contributed by atoms with Crippen molar-refractivity contribution in [1.29, 1.82) is 0 Å². The topological polar surface area (TPSA) is 71.5 Å². The van der Waals surface area contributed by atoms with Crippen molar-refractivity contribution in [3.63, 3.8) is 0 Å². The van der Waals surface area contributed by atoms with Crippen LogP contribution in [-0.2, 0) is 14.9 Å². The molecule has 1 fully saturated rings. The second-order valence-electron chi connectivity index (χ2n) is 6.14. The molecule has 0 aliphatic carbocycles. The minimum absolute atomic E-state index is 0.0550. The summed E-state index contributed by atoms with van der Waals surface area (Å²) in [6.07, 6.45) is 2.16. The summed E-state index contributed by atoms with van der Waals surface area (Å²) in [5.74, 6) is -0.895. The van der Waals surface area contributed by atoms with E-state index in [2.05, 4.69) is 31.1 Å². The van der Waals surface area contributed by atoms with E-state index in [1.165, 1.54) is 11.3 Å². The molecule has 0 bridgehead atoms. The van der Waals surface area contributed by atoms with E-state index < -0.39 is 12.0 Å². The van der Waals surface area contributed by atoms with Gasteiger partial charge in [0.05, 0.1) is 16.8 Å². The van der Waals surface area contributed by atoms with E-state index in [4.69, 9.17) is 4.74 Å². The molecule has 2 heterocycles. The molecule has 112 valence electrons. The summed E-state index contributed by atoms with van der Waals surface area (Å²) < 4.78 is 5.51. The molecule has 1 aromatic heterocycles. The van der Waals surface area contributed by atoms with Crippen molar-refractivity contribution in [3.8, 4) is 0 Å². The van der Waals surface area contributed by atoms with Gasteiger partial charge in [0.15, 0.2) is 0 Å². The van der Waals surface area contributed by atoms with Crippen LogP contribution in [0, 0.1) is 0 Å². The number of carboxylic acids is 1. The van der Waals surface area contributed by atoms with Crippen molar-refractivity contribution in [1.82, 2.24) is 10.3 Å². The van der Waals surface area contributed by atoms with Gasteiger partial charge in [-0.15, -0.1) is 11.3 Å². The number of aromatic nitrogens is 1. The van der Waals surface area contributed by atoms with Crippen LogP contribution in [0.15, 0.2) is 5.38 Å². The van der Waals surface area contributed by atoms with Crippen LogP contribution in [0.3, 0.4) is 0 Å². The Morgan fingerprint density at radius 2 is 2.40 bits per heavy atom. The zero-order valence-corrected chi connectivity index (χ0v) is 13.0. The van der Waals surface area contributed by atoms with E-state index >= 15 is 0 Å².